The lowest BCUT2D eigenvalue weighted by Gasteiger charge is -2.66. The highest BCUT2D eigenvalue weighted by Crippen LogP contribution is 2.72. The predicted molar refractivity (Wildman–Crippen MR) is 203 cm³/mol. The summed E-state index contributed by atoms with van der Waals surface area (Å²) in [6.45, 7) is 29.9. The Bertz CT molecular complexity index is 1670. The van der Waals surface area contributed by atoms with Crippen molar-refractivity contribution in [1.29, 1.82) is 0 Å². The molecule has 4 aromatic carbocycles. The van der Waals surface area contributed by atoms with Crippen molar-refractivity contribution in [1.82, 2.24) is 0 Å². The van der Waals surface area contributed by atoms with E-state index in [0.29, 0.717) is 0 Å². The molecule has 0 N–H and O–H groups in total. The zero-order chi connectivity index (χ0) is 33.8. The second-order valence-corrected chi connectivity index (χ2v) is 18.0. The van der Waals surface area contributed by atoms with Gasteiger partial charge in [-0.1, -0.05) is 192 Å². The van der Waals surface area contributed by atoms with Crippen LogP contribution in [0.2, 0.25) is 0 Å². The van der Waals surface area contributed by atoms with Gasteiger partial charge in [0, 0.05) is 5.41 Å². The first-order valence-electron chi connectivity index (χ1n) is 17.4. The Hall–Kier alpha value is -3.38. The summed E-state index contributed by atoms with van der Waals surface area (Å²) in [5.41, 5.74) is 11.0. The first-order valence-corrected chi connectivity index (χ1v) is 17.4. The SMILES string of the molecule is CC(C)(C)C1(C(C)(C)C)CC=C(c2ccccc2-c2ccccc2-c2ccccc2-c2ccccc2)C(C(C)(C)C)(C(C)(C)C)C1. The van der Waals surface area contributed by atoms with Crippen LogP contribution in [-0.4, -0.2) is 0 Å². The van der Waals surface area contributed by atoms with Gasteiger partial charge in [-0.2, -0.15) is 0 Å². The molecule has 0 radical (unpaired) electrons. The third-order valence-corrected chi connectivity index (χ3v) is 11.8. The summed E-state index contributed by atoms with van der Waals surface area (Å²) >= 11 is 0. The maximum absolute atomic E-state index is 2.69. The van der Waals surface area contributed by atoms with Gasteiger partial charge in [-0.15, -0.1) is 0 Å². The Morgan fingerprint density at radius 1 is 0.391 bits per heavy atom. The molecule has 1 aliphatic rings. The van der Waals surface area contributed by atoms with Crippen LogP contribution in [0.15, 0.2) is 109 Å². The van der Waals surface area contributed by atoms with E-state index in [1.54, 1.807) is 0 Å². The van der Waals surface area contributed by atoms with Gasteiger partial charge < -0.3 is 0 Å². The minimum atomic E-state index is -0.0776. The van der Waals surface area contributed by atoms with E-state index in [4.69, 9.17) is 0 Å². The Labute approximate surface area is 281 Å². The standard InChI is InChI=1S/C46H58/c1-41(2,3)45(42(4,5)6)31-30-40(46(32-45,43(7,8)9)44(10,11)12)39-29-21-20-28-38(39)37-27-19-18-26-36(37)35-25-17-16-24-34(35)33-22-14-13-15-23-33/h13-30H,31-32H2,1-12H3. The van der Waals surface area contributed by atoms with Gasteiger partial charge in [-0.25, -0.2) is 0 Å². The highest BCUT2D eigenvalue weighted by molar-refractivity contribution is 5.95. The van der Waals surface area contributed by atoms with Gasteiger partial charge in [0.25, 0.3) is 0 Å². The summed E-state index contributed by atoms with van der Waals surface area (Å²) in [5.74, 6) is 0. The molecule has 0 aliphatic heterocycles. The van der Waals surface area contributed by atoms with Crippen LogP contribution in [0, 0.1) is 32.5 Å². The summed E-state index contributed by atoms with van der Waals surface area (Å²) in [7, 11) is 0. The van der Waals surface area contributed by atoms with E-state index in [1.807, 2.05) is 0 Å². The van der Waals surface area contributed by atoms with Crippen molar-refractivity contribution in [2.24, 2.45) is 32.5 Å². The summed E-state index contributed by atoms with van der Waals surface area (Å²) in [6.07, 6.45) is 4.92. The van der Waals surface area contributed by atoms with Crippen LogP contribution in [0.4, 0.5) is 0 Å². The molecule has 0 nitrogen and oxygen atoms in total. The van der Waals surface area contributed by atoms with Gasteiger partial charge in [0.05, 0.1) is 0 Å². The van der Waals surface area contributed by atoms with Gasteiger partial charge in [0.2, 0.25) is 0 Å². The number of allylic oxidation sites excluding steroid dienone is 2. The van der Waals surface area contributed by atoms with Crippen LogP contribution in [-0.2, 0) is 0 Å². The normalized spacial score (nSPS) is 17.0. The molecule has 5 rings (SSSR count). The Kier molecular flexibility index (Phi) is 8.64. The van der Waals surface area contributed by atoms with E-state index < -0.39 is 0 Å². The smallest absolute Gasteiger partial charge is 0.00587 e. The van der Waals surface area contributed by atoms with Crippen molar-refractivity contribution in [3.05, 3.63) is 115 Å². The first kappa shape index (κ1) is 34.0. The van der Waals surface area contributed by atoms with E-state index in [0.717, 1.165) is 12.8 Å². The summed E-state index contributed by atoms with van der Waals surface area (Å²) in [6, 6.07) is 38.0. The van der Waals surface area contributed by atoms with Crippen LogP contribution < -0.4 is 0 Å². The van der Waals surface area contributed by atoms with Crippen molar-refractivity contribution >= 4 is 5.57 Å². The molecule has 0 spiro atoms. The van der Waals surface area contributed by atoms with Crippen LogP contribution in [0.3, 0.4) is 0 Å². The van der Waals surface area contributed by atoms with Crippen LogP contribution in [0.25, 0.3) is 39.0 Å². The van der Waals surface area contributed by atoms with Crippen LogP contribution in [0.1, 0.15) is 101 Å². The maximum Gasteiger partial charge on any atom is 0.00587 e. The number of hydrogen-bond donors (Lipinski definition) is 0. The molecule has 0 fully saturated rings. The fourth-order valence-corrected chi connectivity index (χ4v) is 9.63. The Balaban J connectivity index is 1.82. The van der Waals surface area contributed by atoms with E-state index in [9.17, 15) is 0 Å². The number of hydrogen-bond acceptors (Lipinski definition) is 0. The van der Waals surface area contributed by atoms with E-state index in [-0.39, 0.29) is 32.5 Å². The molecular weight excluding hydrogens is 553 g/mol. The van der Waals surface area contributed by atoms with Gasteiger partial charge in [-0.3, -0.25) is 0 Å². The largest absolute Gasteiger partial charge is 0.0795 e. The number of rotatable bonds is 4. The topological polar surface area (TPSA) is 0 Å². The fraction of sp³-hybridized carbons (Fsp3) is 0.435. The lowest BCUT2D eigenvalue weighted by Crippen LogP contribution is -2.58. The van der Waals surface area contributed by atoms with Gasteiger partial charge in [0.15, 0.2) is 0 Å². The molecule has 4 aromatic rings. The zero-order valence-electron chi connectivity index (χ0n) is 30.8. The number of benzene rings is 4. The lowest BCUT2D eigenvalue weighted by molar-refractivity contribution is -0.118. The highest BCUT2D eigenvalue weighted by atomic mass is 14.7. The quantitative estimate of drug-likeness (QED) is 0.216. The molecule has 0 heterocycles. The summed E-state index contributed by atoms with van der Waals surface area (Å²) in [5, 5.41) is 0. The minimum Gasteiger partial charge on any atom is -0.0795 e. The van der Waals surface area contributed by atoms with E-state index in [2.05, 4.69) is 192 Å². The zero-order valence-corrected chi connectivity index (χ0v) is 30.8. The van der Waals surface area contributed by atoms with Crippen molar-refractivity contribution in [2.45, 2.75) is 95.9 Å². The molecule has 0 bridgehead atoms. The molecule has 0 unspecified atom stereocenters. The average Bonchev–Trinajstić information content (AvgIpc) is 2.99. The third kappa shape index (κ3) is 5.51. The highest BCUT2D eigenvalue weighted by Gasteiger charge is 2.63. The van der Waals surface area contributed by atoms with Gasteiger partial charge >= 0.3 is 0 Å². The first-order chi connectivity index (χ1) is 21.4. The molecule has 0 aromatic heterocycles. The molecule has 0 amide bonds. The monoisotopic (exact) mass is 610 g/mol. The lowest BCUT2D eigenvalue weighted by atomic mass is 9.37. The summed E-state index contributed by atoms with van der Waals surface area (Å²) in [4.78, 5) is 0. The Morgan fingerprint density at radius 3 is 1.15 bits per heavy atom. The molecule has 242 valence electrons. The van der Waals surface area contributed by atoms with E-state index in [1.165, 1.54) is 44.5 Å². The summed E-state index contributed by atoms with van der Waals surface area (Å²) < 4.78 is 0. The van der Waals surface area contributed by atoms with Crippen molar-refractivity contribution in [2.75, 3.05) is 0 Å². The van der Waals surface area contributed by atoms with Gasteiger partial charge in [0.1, 0.15) is 0 Å². The maximum atomic E-state index is 2.69. The molecule has 46 heavy (non-hydrogen) atoms. The second kappa shape index (κ2) is 11.7. The fourth-order valence-electron chi connectivity index (χ4n) is 9.63. The second-order valence-electron chi connectivity index (χ2n) is 18.0. The van der Waals surface area contributed by atoms with Crippen LogP contribution >= 0.6 is 0 Å². The molecule has 0 heteroatoms. The third-order valence-electron chi connectivity index (χ3n) is 11.8. The predicted octanol–water partition coefficient (Wildman–Crippen LogP) is 14.0. The molecule has 1 aliphatic carbocycles. The molecular formula is C46H58. The average molecular weight is 611 g/mol. The van der Waals surface area contributed by atoms with Crippen molar-refractivity contribution < 1.29 is 0 Å². The minimum absolute atomic E-state index is 0.0196. The molecule has 0 atom stereocenters. The van der Waals surface area contributed by atoms with Crippen LogP contribution in [0.5, 0.6) is 0 Å². The van der Waals surface area contributed by atoms with Crippen molar-refractivity contribution in [3.63, 3.8) is 0 Å². The molecule has 0 saturated heterocycles. The Morgan fingerprint density at radius 2 is 0.739 bits per heavy atom. The van der Waals surface area contributed by atoms with E-state index >= 15 is 0 Å². The molecule has 0 saturated carbocycles. The van der Waals surface area contributed by atoms with Crippen molar-refractivity contribution in [3.8, 4) is 33.4 Å². The van der Waals surface area contributed by atoms with Gasteiger partial charge in [-0.05, 0) is 84.4 Å².